The van der Waals surface area contributed by atoms with Crippen molar-refractivity contribution in [2.75, 3.05) is 33.4 Å². The number of benzene rings is 1. The Morgan fingerprint density at radius 2 is 1.91 bits per heavy atom. The van der Waals surface area contributed by atoms with Gasteiger partial charge in [0.15, 0.2) is 5.96 Å². The summed E-state index contributed by atoms with van der Waals surface area (Å²) in [4.78, 5) is 4.76. The Morgan fingerprint density at radius 3 is 2.50 bits per heavy atom. The summed E-state index contributed by atoms with van der Waals surface area (Å²) in [5.41, 5.74) is 1.36. The van der Waals surface area contributed by atoms with E-state index in [9.17, 15) is 0 Å². The molecule has 4 nitrogen and oxygen atoms in total. The monoisotopic (exact) mass is 305 g/mol. The Hall–Kier alpha value is -1.55. The van der Waals surface area contributed by atoms with Crippen molar-refractivity contribution in [3.05, 3.63) is 35.9 Å². The van der Waals surface area contributed by atoms with E-state index in [1.807, 2.05) is 0 Å². The molecule has 1 unspecified atom stereocenters. The molecule has 0 aliphatic carbocycles. The van der Waals surface area contributed by atoms with Crippen LogP contribution in [0, 0.1) is 5.92 Å². The second-order valence-electron chi connectivity index (χ2n) is 5.75. The molecule has 22 heavy (non-hydrogen) atoms. The third-order valence-corrected chi connectivity index (χ3v) is 3.64. The van der Waals surface area contributed by atoms with Crippen LogP contribution in [0.25, 0.3) is 0 Å². The Morgan fingerprint density at radius 1 is 1.18 bits per heavy atom. The zero-order valence-electron chi connectivity index (χ0n) is 14.4. The van der Waals surface area contributed by atoms with E-state index >= 15 is 0 Å². The lowest BCUT2D eigenvalue weighted by molar-refractivity contribution is 0.195. The van der Waals surface area contributed by atoms with Gasteiger partial charge in [-0.2, -0.15) is 0 Å². The fraction of sp³-hybridized carbons (Fsp3) is 0.611. The minimum absolute atomic E-state index is 0.440. The van der Waals surface area contributed by atoms with Crippen LogP contribution in [-0.2, 0) is 4.74 Å². The van der Waals surface area contributed by atoms with Crippen LogP contribution < -0.4 is 10.6 Å². The van der Waals surface area contributed by atoms with E-state index in [0.29, 0.717) is 11.8 Å². The summed E-state index contributed by atoms with van der Waals surface area (Å²) >= 11 is 0. The van der Waals surface area contributed by atoms with Gasteiger partial charge in [-0.25, -0.2) is 0 Å². The van der Waals surface area contributed by atoms with Gasteiger partial charge in [0.25, 0.3) is 0 Å². The van der Waals surface area contributed by atoms with Crippen molar-refractivity contribution in [2.24, 2.45) is 10.9 Å². The standard InChI is InChI=1S/C18H31N3O/c1-5-19-18(20-12-9-13-22-4)21-14-17(15(2)3)16-10-7-6-8-11-16/h6-8,10-11,15,17H,5,9,12-14H2,1-4H3,(H2,19,20,21). The molecule has 0 heterocycles. The Bertz CT molecular complexity index is 418. The van der Waals surface area contributed by atoms with E-state index < -0.39 is 0 Å². The lowest BCUT2D eigenvalue weighted by atomic mass is 9.88. The van der Waals surface area contributed by atoms with Crippen molar-refractivity contribution in [2.45, 2.75) is 33.1 Å². The van der Waals surface area contributed by atoms with Gasteiger partial charge in [0.05, 0.1) is 0 Å². The summed E-state index contributed by atoms with van der Waals surface area (Å²) in [7, 11) is 1.73. The van der Waals surface area contributed by atoms with Crippen molar-refractivity contribution < 1.29 is 4.74 Å². The average Bonchev–Trinajstić information content (AvgIpc) is 2.52. The average molecular weight is 305 g/mol. The smallest absolute Gasteiger partial charge is 0.191 e. The number of ether oxygens (including phenoxy) is 1. The summed E-state index contributed by atoms with van der Waals surface area (Å²) in [6, 6.07) is 10.6. The third-order valence-electron chi connectivity index (χ3n) is 3.64. The number of hydrogen-bond acceptors (Lipinski definition) is 2. The minimum Gasteiger partial charge on any atom is -0.385 e. The predicted octanol–water partition coefficient (Wildman–Crippen LogP) is 3.02. The first kappa shape index (κ1) is 18.5. The number of nitrogens with zero attached hydrogens (tertiary/aromatic N) is 1. The molecule has 0 saturated heterocycles. The number of rotatable bonds is 9. The molecule has 0 radical (unpaired) electrons. The maximum atomic E-state index is 5.07. The Labute approximate surface area is 135 Å². The van der Waals surface area contributed by atoms with Crippen LogP contribution in [0.15, 0.2) is 35.3 Å². The molecule has 124 valence electrons. The van der Waals surface area contributed by atoms with E-state index in [-0.39, 0.29) is 0 Å². The first-order chi connectivity index (χ1) is 10.7. The van der Waals surface area contributed by atoms with Crippen LogP contribution in [0.4, 0.5) is 0 Å². The molecule has 0 aliphatic rings. The molecule has 0 spiro atoms. The molecule has 0 aliphatic heterocycles. The zero-order valence-corrected chi connectivity index (χ0v) is 14.4. The predicted molar refractivity (Wildman–Crippen MR) is 94.5 cm³/mol. The summed E-state index contributed by atoms with van der Waals surface area (Å²) < 4.78 is 5.07. The van der Waals surface area contributed by atoms with Crippen LogP contribution in [0.1, 0.15) is 38.7 Å². The molecular weight excluding hydrogens is 274 g/mol. The number of methoxy groups -OCH3 is 1. The van der Waals surface area contributed by atoms with Crippen molar-refractivity contribution in [3.8, 4) is 0 Å². The maximum Gasteiger partial charge on any atom is 0.191 e. The SMILES string of the molecule is CCNC(=NCC(c1ccccc1)C(C)C)NCCCOC. The van der Waals surface area contributed by atoms with Gasteiger partial charge in [-0.15, -0.1) is 0 Å². The van der Waals surface area contributed by atoms with Crippen molar-refractivity contribution >= 4 is 5.96 Å². The molecule has 4 heteroatoms. The molecule has 2 N–H and O–H groups in total. The van der Waals surface area contributed by atoms with E-state index in [2.05, 4.69) is 61.7 Å². The lowest BCUT2D eigenvalue weighted by Crippen LogP contribution is -2.38. The van der Waals surface area contributed by atoms with Gasteiger partial charge in [-0.05, 0) is 24.8 Å². The summed E-state index contributed by atoms with van der Waals surface area (Å²) in [5, 5.41) is 6.66. The number of guanidine groups is 1. The number of nitrogens with one attached hydrogen (secondary N) is 2. The summed E-state index contributed by atoms with van der Waals surface area (Å²) in [6.45, 7) is 9.90. The van der Waals surface area contributed by atoms with Gasteiger partial charge < -0.3 is 15.4 Å². The van der Waals surface area contributed by atoms with Gasteiger partial charge in [-0.1, -0.05) is 44.2 Å². The van der Waals surface area contributed by atoms with Crippen LogP contribution in [0.3, 0.4) is 0 Å². The third kappa shape index (κ3) is 6.94. The number of aliphatic imine (C=N–C) groups is 1. The van der Waals surface area contributed by atoms with Gasteiger partial charge in [0.2, 0.25) is 0 Å². The highest BCUT2D eigenvalue weighted by molar-refractivity contribution is 5.79. The largest absolute Gasteiger partial charge is 0.385 e. The van der Waals surface area contributed by atoms with Crippen molar-refractivity contribution in [3.63, 3.8) is 0 Å². The molecule has 0 bridgehead atoms. The second kappa shape index (κ2) is 11.1. The molecule has 0 fully saturated rings. The Kier molecular flexibility index (Phi) is 9.31. The molecular formula is C18H31N3O. The zero-order chi connectivity index (χ0) is 16.2. The molecule has 1 aromatic carbocycles. The van der Waals surface area contributed by atoms with E-state index in [1.165, 1.54) is 5.56 Å². The molecule has 1 atom stereocenters. The molecule has 0 amide bonds. The molecule has 0 saturated carbocycles. The maximum absolute atomic E-state index is 5.07. The van der Waals surface area contributed by atoms with Crippen molar-refractivity contribution in [1.82, 2.24) is 10.6 Å². The highest BCUT2D eigenvalue weighted by atomic mass is 16.5. The molecule has 1 aromatic rings. The van der Waals surface area contributed by atoms with E-state index in [1.54, 1.807) is 7.11 Å². The van der Waals surface area contributed by atoms with E-state index in [4.69, 9.17) is 9.73 Å². The number of hydrogen-bond donors (Lipinski definition) is 2. The fourth-order valence-corrected chi connectivity index (χ4v) is 2.36. The fourth-order valence-electron chi connectivity index (χ4n) is 2.36. The van der Waals surface area contributed by atoms with Crippen LogP contribution in [0.2, 0.25) is 0 Å². The summed E-state index contributed by atoms with van der Waals surface area (Å²) in [5.74, 6) is 1.89. The summed E-state index contributed by atoms with van der Waals surface area (Å²) in [6.07, 6.45) is 0.979. The molecule has 0 aromatic heterocycles. The van der Waals surface area contributed by atoms with Crippen LogP contribution in [-0.4, -0.2) is 39.3 Å². The topological polar surface area (TPSA) is 45.7 Å². The van der Waals surface area contributed by atoms with Gasteiger partial charge in [0.1, 0.15) is 0 Å². The van der Waals surface area contributed by atoms with E-state index in [0.717, 1.165) is 38.6 Å². The first-order valence-electron chi connectivity index (χ1n) is 8.25. The lowest BCUT2D eigenvalue weighted by Gasteiger charge is -2.20. The first-order valence-corrected chi connectivity index (χ1v) is 8.25. The van der Waals surface area contributed by atoms with Crippen LogP contribution in [0.5, 0.6) is 0 Å². The van der Waals surface area contributed by atoms with Crippen molar-refractivity contribution in [1.29, 1.82) is 0 Å². The van der Waals surface area contributed by atoms with Gasteiger partial charge in [0, 0.05) is 39.3 Å². The highest BCUT2D eigenvalue weighted by Crippen LogP contribution is 2.24. The Balaban J connectivity index is 2.64. The van der Waals surface area contributed by atoms with Gasteiger partial charge >= 0.3 is 0 Å². The quantitative estimate of drug-likeness (QED) is 0.419. The molecule has 1 rings (SSSR count). The normalized spacial score (nSPS) is 13.2. The minimum atomic E-state index is 0.440. The van der Waals surface area contributed by atoms with Gasteiger partial charge in [-0.3, -0.25) is 4.99 Å². The highest BCUT2D eigenvalue weighted by Gasteiger charge is 2.15. The van der Waals surface area contributed by atoms with Crippen LogP contribution >= 0.6 is 0 Å². The second-order valence-corrected chi connectivity index (χ2v) is 5.75.